The first-order valence-corrected chi connectivity index (χ1v) is 7.21. The van der Waals surface area contributed by atoms with Crippen LogP contribution < -0.4 is 5.32 Å². The smallest absolute Gasteiger partial charge is 0.313 e. The van der Waals surface area contributed by atoms with E-state index in [2.05, 4.69) is 5.32 Å². The number of carbonyl (C=O) groups excluding carboxylic acids is 2. The van der Waals surface area contributed by atoms with Crippen LogP contribution in [0.3, 0.4) is 0 Å². The Balaban J connectivity index is 2.75. The number of rotatable bonds is 7. The number of hydrogen-bond acceptors (Lipinski definition) is 4. The number of nitrogens with one attached hydrogen (secondary N) is 1. The van der Waals surface area contributed by atoms with Crippen LogP contribution in [0.2, 0.25) is 5.02 Å². The molecule has 122 valence electrons. The van der Waals surface area contributed by atoms with Crippen LogP contribution in [0.4, 0.5) is 5.69 Å². The molecule has 1 aromatic carbocycles. The second-order valence-corrected chi connectivity index (χ2v) is 5.13. The van der Waals surface area contributed by atoms with Gasteiger partial charge in [0.1, 0.15) is 0 Å². The van der Waals surface area contributed by atoms with E-state index in [1.165, 1.54) is 19.1 Å². The molecule has 0 aliphatic carbocycles. The van der Waals surface area contributed by atoms with Crippen molar-refractivity contribution in [1.82, 2.24) is 4.90 Å². The van der Waals surface area contributed by atoms with Crippen LogP contribution in [0.25, 0.3) is 0 Å². The molecule has 7 heteroatoms. The van der Waals surface area contributed by atoms with Crippen LogP contribution in [-0.4, -0.2) is 57.2 Å². The SMILES string of the molecule is COCCN(CCOC)C(=O)C(=O)Nc1cc(Cl)ccc1C. The zero-order valence-corrected chi connectivity index (χ0v) is 13.8. The summed E-state index contributed by atoms with van der Waals surface area (Å²) >= 11 is 5.90. The Hall–Kier alpha value is -1.63. The molecule has 0 unspecified atom stereocenters. The summed E-state index contributed by atoms with van der Waals surface area (Å²) in [6, 6.07) is 5.10. The molecule has 1 N–H and O–H groups in total. The lowest BCUT2D eigenvalue weighted by atomic mass is 10.2. The lowest BCUT2D eigenvalue weighted by molar-refractivity contribution is -0.144. The van der Waals surface area contributed by atoms with Crippen LogP contribution in [0.15, 0.2) is 18.2 Å². The molecule has 0 atom stereocenters. The predicted molar refractivity (Wildman–Crippen MR) is 85.2 cm³/mol. The van der Waals surface area contributed by atoms with E-state index in [1.807, 2.05) is 6.92 Å². The zero-order chi connectivity index (χ0) is 16.5. The Morgan fingerprint density at radius 2 is 1.77 bits per heavy atom. The molecule has 0 aliphatic heterocycles. The molecular formula is C15H21ClN2O4. The van der Waals surface area contributed by atoms with Crippen molar-refractivity contribution in [2.75, 3.05) is 45.8 Å². The zero-order valence-electron chi connectivity index (χ0n) is 13.0. The maximum Gasteiger partial charge on any atom is 0.313 e. The summed E-state index contributed by atoms with van der Waals surface area (Å²) in [6.07, 6.45) is 0. The Bertz CT molecular complexity index is 514. The van der Waals surface area contributed by atoms with E-state index in [1.54, 1.807) is 18.2 Å². The molecule has 0 saturated carbocycles. The molecule has 0 bridgehead atoms. The summed E-state index contributed by atoms with van der Waals surface area (Å²) < 4.78 is 9.90. The normalized spacial score (nSPS) is 10.4. The van der Waals surface area contributed by atoms with Crippen LogP contribution >= 0.6 is 11.6 Å². The van der Waals surface area contributed by atoms with Gasteiger partial charge in [0, 0.05) is 38.0 Å². The standard InChI is InChI=1S/C15H21ClN2O4/c1-11-4-5-12(16)10-13(11)17-14(19)15(20)18(6-8-21-2)7-9-22-3/h4-5,10H,6-9H2,1-3H3,(H,17,19). The number of carbonyl (C=O) groups is 2. The second kappa shape index (κ2) is 9.40. The van der Waals surface area contributed by atoms with Gasteiger partial charge in [0.2, 0.25) is 0 Å². The minimum atomic E-state index is -0.711. The average Bonchev–Trinajstić information content (AvgIpc) is 2.50. The highest BCUT2D eigenvalue weighted by Crippen LogP contribution is 2.20. The predicted octanol–water partition coefficient (Wildman–Crippen LogP) is 1.71. The highest BCUT2D eigenvalue weighted by molar-refractivity contribution is 6.39. The Morgan fingerprint density at radius 1 is 1.18 bits per heavy atom. The van der Waals surface area contributed by atoms with Gasteiger partial charge in [0.15, 0.2) is 0 Å². The quantitative estimate of drug-likeness (QED) is 0.774. The van der Waals surface area contributed by atoms with Crippen molar-refractivity contribution in [3.05, 3.63) is 28.8 Å². The number of hydrogen-bond donors (Lipinski definition) is 1. The maximum absolute atomic E-state index is 12.2. The first-order valence-electron chi connectivity index (χ1n) is 6.84. The summed E-state index contributed by atoms with van der Waals surface area (Å²) in [5.74, 6) is -1.34. The number of methoxy groups -OCH3 is 2. The summed E-state index contributed by atoms with van der Waals surface area (Å²) in [7, 11) is 3.07. The van der Waals surface area contributed by atoms with Crippen molar-refractivity contribution in [2.45, 2.75) is 6.92 Å². The van der Waals surface area contributed by atoms with Gasteiger partial charge in [-0.2, -0.15) is 0 Å². The third-order valence-electron chi connectivity index (χ3n) is 3.06. The monoisotopic (exact) mass is 328 g/mol. The average molecular weight is 329 g/mol. The van der Waals surface area contributed by atoms with Crippen LogP contribution in [0.5, 0.6) is 0 Å². The number of aryl methyl sites for hydroxylation is 1. The van der Waals surface area contributed by atoms with Crippen molar-refractivity contribution in [3.8, 4) is 0 Å². The van der Waals surface area contributed by atoms with Crippen molar-refractivity contribution in [2.24, 2.45) is 0 Å². The van der Waals surface area contributed by atoms with E-state index in [0.29, 0.717) is 37.0 Å². The molecule has 0 aliphatic rings. The van der Waals surface area contributed by atoms with Crippen molar-refractivity contribution in [1.29, 1.82) is 0 Å². The third-order valence-corrected chi connectivity index (χ3v) is 3.30. The first kappa shape index (κ1) is 18.4. The first-order chi connectivity index (χ1) is 10.5. The highest BCUT2D eigenvalue weighted by atomic mass is 35.5. The van der Waals surface area contributed by atoms with Gasteiger partial charge in [-0.05, 0) is 24.6 Å². The van der Waals surface area contributed by atoms with Crippen molar-refractivity contribution < 1.29 is 19.1 Å². The Labute approximate surface area is 135 Å². The van der Waals surface area contributed by atoms with Crippen LogP contribution in [0, 0.1) is 6.92 Å². The van der Waals surface area contributed by atoms with E-state index in [0.717, 1.165) is 5.56 Å². The summed E-state index contributed by atoms with van der Waals surface area (Å²) in [4.78, 5) is 25.7. The van der Waals surface area contributed by atoms with E-state index in [4.69, 9.17) is 21.1 Å². The van der Waals surface area contributed by atoms with Crippen LogP contribution in [0.1, 0.15) is 5.56 Å². The maximum atomic E-state index is 12.2. The van der Waals surface area contributed by atoms with Crippen molar-refractivity contribution >= 4 is 29.1 Å². The number of nitrogens with zero attached hydrogens (tertiary/aromatic N) is 1. The van der Waals surface area contributed by atoms with E-state index in [-0.39, 0.29) is 0 Å². The molecule has 0 radical (unpaired) electrons. The lowest BCUT2D eigenvalue weighted by Gasteiger charge is -2.21. The number of ether oxygens (including phenoxy) is 2. The molecule has 0 aromatic heterocycles. The molecule has 1 aromatic rings. The van der Waals surface area contributed by atoms with E-state index >= 15 is 0 Å². The molecule has 0 fully saturated rings. The fourth-order valence-corrected chi connectivity index (χ4v) is 1.94. The number of anilines is 1. The number of amides is 2. The lowest BCUT2D eigenvalue weighted by Crippen LogP contribution is -2.43. The second-order valence-electron chi connectivity index (χ2n) is 4.69. The third kappa shape index (κ3) is 5.63. The molecule has 22 heavy (non-hydrogen) atoms. The molecule has 0 spiro atoms. The van der Waals surface area contributed by atoms with Crippen LogP contribution in [-0.2, 0) is 19.1 Å². The minimum Gasteiger partial charge on any atom is -0.383 e. The fraction of sp³-hybridized carbons (Fsp3) is 0.467. The van der Waals surface area contributed by atoms with Crippen molar-refractivity contribution in [3.63, 3.8) is 0 Å². The van der Waals surface area contributed by atoms with Gasteiger partial charge in [0.05, 0.1) is 13.2 Å². The van der Waals surface area contributed by atoms with Gasteiger partial charge in [0.25, 0.3) is 0 Å². The molecule has 0 saturated heterocycles. The summed E-state index contributed by atoms with van der Waals surface area (Å²) in [5.41, 5.74) is 1.34. The number of halogens is 1. The highest BCUT2D eigenvalue weighted by Gasteiger charge is 2.22. The van der Waals surface area contributed by atoms with E-state index < -0.39 is 11.8 Å². The molecule has 1 rings (SSSR count). The fourth-order valence-electron chi connectivity index (χ4n) is 1.77. The van der Waals surface area contributed by atoms with Gasteiger partial charge < -0.3 is 19.7 Å². The molecule has 6 nitrogen and oxygen atoms in total. The summed E-state index contributed by atoms with van der Waals surface area (Å²) in [5, 5.41) is 3.08. The topological polar surface area (TPSA) is 67.9 Å². The molecule has 0 heterocycles. The Kier molecular flexibility index (Phi) is 7.87. The molecule has 2 amide bonds. The largest absolute Gasteiger partial charge is 0.383 e. The minimum absolute atomic E-state index is 0.320. The van der Waals surface area contributed by atoms with Gasteiger partial charge >= 0.3 is 11.8 Å². The van der Waals surface area contributed by atoms with Gasteiger partial charge in [-0.15, -0.1) is 0 Å². The van der Waals surface area contributed by atoms with Gasteiger partial charge in [-0.1, -0.05) is 17.7 Å². The van der Waals surface area contributed by atoms with Gasteiger partial charge in [-0.3, -0.25) is 9.59 Å². The summed E-state index contributed by atoms with van der Waals surface area (Å²) in [6.45, 7) is 3.16. The molecular weight excluding hydrogens is 308 g/mol. The number of benzene rings is 1. The Morgan fingerprint density at radius 3 is 2.32 bits per heavy atom. The van der Waals surface area contributed by atoms with E-state index in [9.17, 15) is 9.59 Å². The van der Waals surface area contributed by atoms with Gasteiger partial charge in [-0.25, -0.2) is 0 Å².